The second kappa shape index (κ2) is 6.66. The summed E-state index contributed by atoms with van der Waals surface area (Å²) in [6.07, 6.45) is 7.60. The van der Waals surface area contributed by atoms with Crippen LogP contribution >= 0.6 is 12.2 Å². The lowest BCUT2D eigenvalue weighted by Gasteiger charge is -2.38. The number of likely N-dealkylation sites (tertiary alicyclic amines) is 1. The van der Waals surface area contributed by atoms with Crippen molar-refractivity contribution >= 4 is 35.0 Å². The molecule has 1 aliphatic heterocycles. The number of nitrogens with one attached hydrogen (secondary N) is 1. The molecule has 0 radical (unpaired) electrons. The molecule has 1 amide bonds. The van der Waals surface area contributed by atoms with E-state index < -0.39 is 5.82 Å². The third-order valence-corrected chi connectivity index (χ3v) is 3.81. The molecule has 6 heteroatoms. The van der Waals surface area contributed by atoms with Gasteiger partial charge in [-0.2, -0.15) is 0 Å². The Morgan fingerprint density at radius 2 is 2.17 bits per heavy atom. The first kappa shape index (κ1) is 15.3. The number of rotatable bonds is 3. The van der Waals surface area contributed by atoms with E-state index in [1.807, 2.05) is 24.3 Å². The number of pyridine rings is 1. The van der Waals surface area contributed by atoms with Gasteiger partial charge in [0.15, 0.2) is 5.11 Å². The monoisotopic (exact) mass is 327 g/mol. The van der Waals surface area contributed by atoms with E-state index in [9.17, 15) is 9.18 Å². The summed E-state index contributed by atoms with van der Waals surface area (Å²) in [6, 6.07) is 9.84. The van der Waals surface area contributed by atoms with Gasteiger partial charge in [0.1, 0.15) is 5.82 Å². The number of hydrogen-bond donors (Lipinski definition) is 1. The maximum atomic E-state index is 13.7. The third kappa shape index (κ3) is 3.43. The lowest BCUT2D eigenvalue weighted by molar-refractivity contribution is -0.136. The number of carbonyl (C=O) groups is 1. The molecule has 23 heavy (non-hydrogen) atoms. The second-order valence-corrected chi connectivity index (χ2v) is 5.48. The summed E-state index contributed by atoms with van der Waals surface area (Å²) in [5, 5.41) is 2.99. The SMILES string of the molecule is O=C1C[C@@H](/C=C/c2cccnc2)N1C(=S)Nc1ccccc1F. The first-order valence-electron chi connectivity index (χ1n) is 7.11. The number of para-hydroxylation sites is 1. The van der Waals surface area contributed by atoms with Crippen LogP contribution in [0.25, 0.3) is 6.08 Å². The van der Waals surface area contributed by atoms with E-state index in [1.54, 1.807) is 30.6 Å². The summed E-state index contributed by atoms with van der Waals surface area (Å²) in [7, 11) is 0. The minimum atomic E-state index is -0.412. The summed E-state index contributed by atoms with van der Waals surface area (Å²) in [6.45, 7) is 0. The van der Waals surface area contributed by atoms with Gasteiger partial charge in [0.25, 0.3) is 0 Å². The van der Waals surface area contributed by atoms with Gasteiger partial charge in [0.05, 0.1) is 18.2 Å². The molecule has 3 rings (SSSR count). The van der Waals surface area contributed by atoms with Gasteiger partial charge in [0.2, 0.25) is 5.91 Å². The lowest BCUT2D eigenvalue weighted by atomic mass is 10.0. The van der Waals surface area contributed by atoms with E-state index in [0.29, 0.717) is 6.42 Å². The van der Waals surface area contributed by atoms with E-state index in [-0.39, 0.29) is 22.7 Å². The maximum Gasteiger partial charge on any atom is 0.231 e. The highest BCUT2D eigenvalue weighted by Crippen LogP contribution is 2.23. The molecule has 2 heterocycles. The van der Waals surface area contributed by atoms with Crippen molar-refractivity contribution in [2.75, 3.05) is 5.32 Å². The zero-order valence-corrected chi connectivity index (χ0v) is 13.0. The lowest BCUT2D eigenvalue weighted by Crippen LogP contribution is -2.56. The maximum absolute atomic E-state index is 13.7. The number of carbonyl (C=O) groups excluding carboxylic acids is 1. The van der Waals surface area contributed by atoms with Crippen LogP contribution in [-0.4, -0.2) is 26.9 Å². The number of nitrogens with zero attached hydrogens (tertiary/aromatic N) is 2. The highest BCUT2D eigenvalue weighted by atomic mass is 32.1. The van der Waals surface area contributed by atoms with Gasteiger partial charge in [-0.1, -0.05) is 30.4 Å². The Bertz CT molecular complexity index is 763. The number of aromatic nitrogens is 1. The van der Waals surface area contributed by atoms with Gasteiger partial charge < -0.3 is 5.32 Å². The number of anilines is 1. The molecule has 0 saturated carbocycles. The zero-order valence-electron chi connectivity index (χ0n) is 12.1. The molecule has 0 unspecified atom stereocenters. The van der Waals surface area contributed by atoms with Gasteiger partial charge in [0, 0.05) is 12.4 Å². The molecule has 116 valence electrons. The predicted molar refractivity (Wildman–Crippen MR) is 91.1 cm³/mol. The van der Waals surface area contributed by atoms with Crippen LogP contribution in [-0.2, 0) is 4.79 Å². The molecular formula is C17H14FN3OS. The fourth-order valence-electron chi connectivity index (χ4n) is 2.29. The summed E-state index contributed by atoms with van der Waals surface area (Å²) in [4.78, 5) is 17.3. The minimum Gasteiger partial charge on any atom is -0.330 e. The molecule has 1 aromatic heterocycles. The Morgan fingerprint density at radius 3 is 2.87 bits per heavy atom. The smallest absolute Gasteiger partial charge is 0.231 e. The highest BCUT2D eigenvalue weighted by molar-refractivity contribution is 7.80. The van der Waals surface area contributed by atoms with E-state index in [2.05, 4.69) is 10.3 Å². The van der Waals surface area contributed by atoms with Crippen molar-refractivity contribution in [3.63, 3.8) is 0 Å². The Labute approximate surface area is 138 Å². The normalized spacial score (nSPS) is 17.2. The number of thiocarbonyl (C=S) groups is 1. The van der Waals surface area contributed by atoms with Gasteiger partial charge >= 0.3 is 0 Å². The molecule has 1 atom stereocenters. The average Bonchev–Trinajstić information content (AvgIpc) is 2.54. The molecule has 4 nitrogen and oxygen atoms in total. The Kier molecular flexibility index (Phi) is 4.43. The van der Waals surface area contributed by atoms with Crippen LogP contribution in [0, 0.1) is 5.82 Å². The number of β-lactam (4-membered cyclic amide) rings is 1. The third-order valence-electron chi connectivity index (χ3n) is 3.51. The van der Waals surface area contributed by atoms with Crippen LogP contribution in [0.4, 0.5) is 10.1 Å². The van der Waals surface area contributed by atoms with Crippen molar-refractivity contribution in [2.45, 2.75) is 12.5 Å². The molecule has 0 spiro atoms. The van der Waals surface area contributed by atoms with E-state index in [1.165, 1.54) is 11.0 Å². The molecule has 0 bridgehead atoms. The predicted octanol–water partition coefficient (Wildman–Crippen LogP) is 3.23. The minimum absolute atomic E-state index is 0.0836. The number of amides is 1. The van der Waals surface area contributed by atoms with Gasteiger partial charge in [-0.25, -0.2) is 4.39 Å². The van der Waals surface area contributed by atoms with Gasteiger partial charge in [-0.3, -0.25) is 14.7 Å². The second-order valence-electron chi connectivity index (χ2n) is 5.09. The van der Waals surface area contributed by atoms with Crippen molar-refractivity contribution in [1.82, 2.24) is 9.88 Å². The largest absolute Gasteiger partial charge is 0.330 e. The average molecular weight is 327 g/mol. The fraction of sp³-hybridized carbons (Fsp3) is 0.118. The van der Waals surface area contributed by atoms with Crippen LogP contribution in [0.3, 0.4) is 0 Å². The first-order valence-corrected chi connectivity index (χ1v) is 7.52. The molecule has 1 aromatic carbocycles. The van der Waals surface area contributed by atoms with E-state index in [4.69, 9.17) is 12.2 Å². The van der Waals surface area contributed by atoms with Gasteiger partial charge in [-0.15, -0.1) is 0 Å². The first-order chi connectivity index (χ1) is 11.1. The Hall–Kier alpha value is -2.60. The van der Waals surface area contributed by atoms with Crippen LogP contribution in [0.1, 0.15) is 12.0 Å². The van der Waals surface area contributed by atoms with Crippen molar-refractivity contribution in [3.8, 4) is 0 Å². The Balaban J connectivity index is 1.68. The quantitative estimate of drug-likeness (QED) is 0.694. The van der Waals surface area contributed by atoms with Crippen molar-refractivity contribution in [2.24, 2.45) is 0 Å². The topological polar surface area (TPSA) is 45.2 Å². The van der Waals surface area contributed by atoms with Crippen molar-refractivity contribution < 1.29 is 9.18 Å². The van der Waals surface area contributed by atoms with Gasteiger partial charge in [-0.05, 0) is 36.0 Å². The Morgan fingerprint density at radius 1 is 1.35 bits per heavy atom. The van der Waals surface area contributed by atoms with Crippen molar-refractivity contribution in [1.29, 1.82) is 0 Å². The standard InChI is InChI=1S/C17H14FN3OS/c18-14-5-1-2-6-15(14)20-17(23)21-13(10-16(21)22)8-7-12-4-3-9-19-11-12/h1-9,11,13H,10H2,(H,20,23)/b8-7+/t13-/m1/s1. The number of benzene rings is 1. The van der Waals surface area contributed by atoms with Crippen LogP contribution in [0.2, 0.25) is 0 Å². The molecule has 1 saturated heterocycles. The highest BCUT2D eigenvalue weighted by Gasteiger charge is 2.37. The van der Waals surface area contributed by atoms with E-state index >= 15 is 0 Å². The molecule has 2 aromatic rings. The molecule has 1 N–H and O–H groups in total. The zero-order chi connectivity index (χ0) is 16.2. The summed E-state index contributed by atoms with van der Waals surface area (Å²) in [5.74, 6) is -0.495. The van der Waals surface area contributed by atoms with Crippen LogP contribution in [0.5, 0.6) is 0 Å². The summed E-state index contributed by atoms with van der Waals surface area (Å²) >= 11 is 5.23. The molecule has 1 fully saturated rings. The van der Waals surface area contributed by atoms with Crippen LogP contribution in [0.15, 0.2) is 54.9 Å². The number of halogens is 1. The molecular weight excluding hydrogens is 313 g/mol. The van der Waals surface area contributed by atoms with E-state index in [0.717, 1.165) is 5.56 Å². The fourth-order valence-corrected chi connectivity index (χ4v) is 2.64. The van der Waals surface area contributed by atoms with Crippen LogP contribution < -0.4 is 5.32 Å². The number of hydrogen-bond acceptors (Lipinski definition) is 3. The molecule has 0 aliphatic carbocycles. The van der Waals surface area contributed by atoms with Crippen molar-refractivity contribution in [3.05, 3.63) is 66.2 Å². The summed E-state index contributed by atoms with van der Waals surface area (Å²) < 4.78 is 13.7. The molecule has 1 aliphatic rings. The summed E-state index contributed by atoms with van der Waals surface area (Å²) in [5.41, 5.74) is 1.20.